The van der Waals surface area contributed by atoms with Crippen LogP contribution in [-0.2, 0) is 6.42 Å². The van der Waals surface area contributed by atoms with E-state index < -0.39 is 0 Å². The van der Waals surface area contributed by atoms with Gasteiger partial charge in [0.05, 0.1) is 27.7 Å². The molecule has 0 aliphatic heterocycles. The molecule has 2 rings (SSSR count). The van der Waals surface area contributed by atoms with Gasteiger partial charge < -0.3 is 19.1 Å². The molecule has 0 fully saturated rings. The molecule has 0 saturated heterocycles. The molecule has 1 aromatic carbocycles. The number of ether oxygens (including phenoxy) is 3. The van der Waals surface area contributed by atoms with Gasteiger partial charge in [-0.05, 0) is 17.7 Å². The van der Waals surface area contributed by atoms with Crippen LogP contribution in [0, 0.1) is 0 Å². The molecule has 0 saturated carbocycles. The molecule has 9 heteroatoms. The van der Waals surface area contributed by atoms with E-state index >= 15 is 0 Å². The second kappa shape index (κ2) is 8.91. The molecule has 0 aliphatic carbocycles. The Bertz CT molecular complexity index is 765. The molecule has 0 bridgehead atoms. The standard InChI is InChI=1S/C17H20Cl2N4O3/c1-23(2)9-20-17-21-15(18)11(16(19)22-17)6-10-7-12(24-3)14(26-5)13(8-10)25-4/h7-9H,6H2,1-5H3/b20-9+. The molecule has 1 heterocycles. The maximum atomic E-state index is 6.30. The van der Waals surface area contributed by atoms with Gasteiger partial charge in [0.15, 0.2) is 11.5 Å². The summed E-state index contributed by atoms with van der Waals surface area (Å²) in [5, 5.41) is 0.481. The summed E-state index contributed by atoms with van der Waals surface area (Å²) in [5.74, 6) is 1.80. The zero-order valence-electron chi connectivity index (χ0n) is 15.2. The minimum atomic E-state index is 0.197. The molecular formula is C17H20Cl2N4O3. The fourth-order valence-corrected chi connectivity index (χ4v) is 2.75. The third-order valence-corrected chi connectivity index (χ3v) is 4.03. The monoisotopic (exact) mass is 398 g/mol. The van der Waals surface area contributed by atoms with E-state index in [2.05, 4.69) is 15.0 Å². The third-order valence-electron chi connectivity index (χ3n) is 3.40. The summed E-state index contributed by atoms with van der Waals surface area (Å²) < 4.78 is 16.1. The van der Waals surface area contributed by atoms with Crippen molar-refractivity contribution in [2.45, 2.75) is 6.42 Å². The first-order valence-corrected chi connectivity index (χ1v) is 8.36. The molecule has 0 amide bonds. The number of benzene rings is 1. The molecule has 1 aromatic heterocycles. The highest BCUT2D eigenvalue weighted by Crippen LogP contribution is 2.39. The van der Waals surface area contributed by atoms with Crippen molar-refractivity contribution in [1.82, 2.24) is 14.9 Å². The van der Waals surface area contributed by atoms with Gasteiger partial charge in [0, 0.05) is 26.1 Å². The van der Waals surface area contributed by atoms with Crippen LogP contribution >= 0.6 is 23.2 Å². The van der Waals surface area contributed by atoms with Crippen molar-refractivity contribution < 1.29 is 14.2 Å². The molecule has 0 spiro atoms. The van der Waals surface area contributed by atoms with Gasteiger partial charge >= 0.3 is 0 Å². The highest BCUT2D eigenvalue weighted by atomic mass is 35.5. The second-order valence-electron chi connectivity index (χ2n) is 5.50. The van der Waals surface area contributed by atoms with Gasteiger partial charge in [-0.25, -0.2) is 4.99 Å². The van der Waals surface area contributed by atoms with E-state index in [9.17, 15) is 0 Å². The lowest BCUT2D eigenvalue weighted by molar-refractivity contribution is 0.324. The van der Waals surface area contributed by atoms with Gasteiger partial charge in [0.2, 0.25) is 5.75 Å². The molecule has 0 unspecified atom stereocenters. The lowest BCUT2D eigenvalue weighted by atomic mass is 10.1. The fraction of sp³-hybridized carbons (Fsp3) is 0.353. The van der Waals surface area contributed by atoms with E-state index in [4.69, 9.17) is 37.4 Å². The van der Waals surface area contributed by atoms with Crippen molar-refractivity contribution in [2.24, 2.45) is 4.99 Å². The smallest absolute Gasteiger partial charge is 0.253 e. The summed E-state index contributed by atoms with van der Waals surface area (Å²) in [6, 6.07) is 3.65. The number of rotatable bonds is 7. The number of hydrogen-bond acceptors (Lipinski definition) is 6. The molecule has 26 heavy (non-hydrogen) atoms. The van der Waals surface area contributed by atoms with Crippen LogP contribution in [0.25, 0.3) is 0 Å². The number of hydrogen-bond donors (Lipinski definition) is 0. The Kier molecular flexibility index (Phi) is 6.88. The molecule has 0 N–H and O–H groups in total. The maximum absolute atomic E-state index is 6.30. The minimum absolute atomic E-state index is 0.197. The van der Waals surface area contributed by atoms with Gasteiger partial charge in [-0.1, -0.05) is 23.2 Å². The van der Waals surface area contributed by atoms with E-state index in [1.807, 2.05) is 26.2 Å². The van der Waals surface area contributed by atoms with E-state index in [1.54, 1.807) is 32.6 Å². The first kappa shape index (κ1) is 20.1. The van der Waals surface area contributed by atoms with Crippen LogP contribution in [0.2, 0.25) is 10.3 Å². The van der Waals surface area contributed by atoms with E-state index in [-0.39, 0.29) is 16.3 Å². The summed E-state index contributed by atoms with van der Waals surface area (Å²) in [6.45, 7) is 0. The number of halogens is 2. The summed E-state index contributed by atoms with van der Waals surface area (Å²) in [7, 11) is 8.34. The molecule has 140 valence electrons. The average molecular weight is 399 g/mol. The molecular weight excluding hydrogens is 379 g/mol. The van der Waals surface area contributed by atoms with Crippen LogP contribution in [0.15, 0.2) is 17.1 Å². The van der Waals surface area contributed by atoms with Gasteiger partial charge in [-0.3, -0.25) is 0 Å². The zero-order valence-corrected chi connectivity index (χ0v) is 16.7. The van der Waals surface area contributed by atoms with Crippen molar-refractivity contribution >= 4 is 35.5 Å². The summed E-state index contributed by atoms with van der Waals surface area (Å²) >= 11 is 12.6. The van der Waals surface area contributed by atoms with Crippen molar-refractivity contribution in [1.29, 1.82) is 0 Å². The van der Waals surface area contributed by atoms with Gasteiger partial charge in [-0.15, -0.1) is 0 Å². The number of methoxy groups -OCH3 is 3. The topological polar surface area (TPSA) is 69.1 Å². The van der Waals surface area contributed by atoms with Gasteiger partial charge in [-0.2, -0.15) is 9.97 Å². The van der Waals surface area contributed by atoms with Crippen molar-refractivity contribution in [3.8, 4) is 17.2 Å². The molecule has 0 aliphatic rings. The second-order valence-corrected chi connectivity index (χ2v) is 6.22. The SMILES string of the molecule is COc1cc(Cc2c(Cl)nc(/N=C/N(C)C)nc2Cl)cc(OC)c1OC. The highest BCUT2D eigenvalue weighted by molar-refractivity contribution is 6.34. The lowest BCUT2D eigenvalue weighted by Crippen LogP contribution is -2.07. The highest BCUT2D eigenvalue weighted by Gasteiger charge is 2.17. The molecule has 7 nitrogen and oxygen atoms in total. The Hall–Kier alpha value is -2.25. The third kappa shape index (κ3) is 4.68. The van der Waals surface area contributed by atoms with Crippen LogP contribution in [-0.4, -0.2) is 56.6 Å². The van der Waals surface area contributed by atoms with Crippen LogP contribution in [0.3, 0.4) is 0 Å². The Morgan fingerprint density at radius 2 is 1.54 bits per heavy atom. The van der Waals surface area contributed by atoms with Crippen LogP contribution in [0.1, 0.15) is 11.1 Å². The van der Waals surface area contributed by atoms with Crippen molar-refractivity contribution in [3.05, 3.63) is 33.6 Å². The van der Waals surface area contributed by atoms with Crippen LogP contribution in [0.4, 0.5) is 5.95 Å². The number of aliphatic imine (C=N–C) groups is 1. The Labute approximate surface area is 162 Å². The summed E-state index contributed by atoms with van der Waals surface area (Å²) in [6.07, 6.45) is 1.97. The van der Waals surface area contributed by atoms with E-state index in [0.29, 0.717) is 29.2 Å². The van der Waals surface area contributed by atoms with Crippen LogP contribution in [0.5, 0.6) is 17.2 Å². The number of nitrogens with zero attached hydrogens (tertiary/aromatic N) is 4. The zero-order chi connectivity index (χ0) is 19.3. The van der Waals surface area contributed by atoms with Crippen LogP contribution < -0.4 is 14.2 Å². The van der Waals surface area contributed by atoms with E-state index in [1.165, 1.54) is 0 Å². The quantitative estimate of drug-likeness (QED) is 0.403. The Morgan fingerprint density at radius 3 is 1.96 bits per heavy atom. The molecule has 0 radical (unpaired) electrons. The summed E-state index contributed by atoms with van der Waals surface area (Å²) in [5.41, 5.74) is 1.45. The van der Waals surface area contributed by atoms with Crippen molar-refractivity contribution in [2.75, 3.05) is 35.4 Å². The molecule has 2 aromatic rings. The largest absolute Gasteiger partial charge is 0.493 e. The Balaban J connectivity index is 2.39. The first-order chi connectivity index (χ1) is 12.4. The Morgan fingerprint density at radius 1 is 1.00 bits per heavy atom. The minimum Gasteiger partial charge on any atom is -0.493 e. The predicted molar refractivity (Wildman–Crippen MR) is 103 cm³/mol. The van der Waals surface area contributed by atoms with Gasteiger partial charge in [0.1, 0.15) is 10.3 Å². The van der Waals surface area contributed by atoms with E-state index in [0.717, 1.165) is 5.56 Å². The van der Waals surface area contributed by atoms with Gasteiger partial charge in [0.25, 0.3) is 5.95 Å². The molecule has 0 atom stereocenters. The first-order valence-electron chi connectivity index (χ1n) is 7.61. The predicted octanol–water partition coefficient (Wildman–Crippen LogP) is 3.62. The number of aromatic nitrogens is 2. The van der Waals surface area contributed by atoms with Crippen molar-refractivity contribution in [3.63, 3.8) is 0 Å². The average Bonchev–Trinajstić information content (AvgIpc) is 2.61. The maximum Gasteiger partial charge on any atom is 0.253 e. The fourth-order valence-electron chi connectivity index (χ4n) is 2.23. The summed E-state index contributed by atoms with van der Waals surface area (Å²) in [4.78, 5) is 14.2. The lowest BCUT2D eigenvalue weighted by Gasteiger charge is -2.14. The normalized spacial score (nSPS) is 10.9.